The highest BCUT2D eigenvalue weighted by atomic mass is 79.9. The Kier molecular flexibility index (Phi) is 4.75. The van der Waals surface area contributed by atoms with E-state index >= 15 is 0 Å². The number of nitrogens with two attached hydrogens (primary N) is 1. The molecule has 0 aliphatic carbocycles. The normalized spacial score (nSPS) is 23.1. The van der Waals surface area contributed by atoms with Crippen molar-refractivity contribution in [2.45, 2.75) is 25.2 Å². The van der Waals surface area contributed by atoms with Crippen molar-refractivity contribution in [1.82, 2.24) is 4.90 Å². The summed E-state index contributed by atoms with van der Waals surface area (Å²) >= 11 is 3.14. The minimum atomic E-state index is -3.86. The molecule has 0 aromatic heterocycles. The highest BCUT2D eigenvalue weighted by Gasteiger charge is 2.27. The first kappa shape index (κ1) is 16.5. The predicted molar refractivity (Wildman–Crippen MR) is 84.4 cm³/mol. The maximum Gasteiger partial charge on any atom is 0.253 e. The number of hydrogen-bond acceptors (Lipinski definition) is 3. The second-order valence-electron chi connectivity index (χ2n) is 5.68. The Hall–Kier alpha value is -0.920. The van der Waals surface area contributed by atoms with Crippen molar-refractivity contribution in [1.29, 1.82) is 0 Å². The highest BCUT2D eigenvalue weighted by Crippen LogP contribution is 2.26. The molecule has 1 amide bonds. The van der Waals surface area contributed by atoms with Crippen LogP contribution in [-0.2, 0) is 10.0 Å². The molecule has 1 heterocycles. The average Bonchev–Trinajstić information content (AvgIpc) is 2.40. The van der Waals surface area contributed by atoms with E-state index in [1.807, 2.05) is 0 Å². The van der Waals surface area contributed by atoms with Gasteiger partial charge in [-0.3, -0.25) is 4.79 Å². The number of halogens is 1. The molecule has 2 unspecified atom stereocenters. The molecule has 2 N–H and O–H groups in total. The summed E-state index contributed by atoms with van der Waals surface area (Å²) in [5.41, 5.74) is 0.351. The van der Waals surface area contributed by atoms with E-state index in [0.717, 1.165) is 6.42 Å². The quantitative estimate of drug-likeness (QED) is 0.861. The van der Waals surface area contributed by atoms with Crippen LogP contribution in [0.25, 0.3) is 0 Å². The van der Waals surface area contributed by atoms with E-state index in [9.17, 15) is 13.2 Å². The molecule has 2 atom stereocenters. The number of sulfonamides is 1. The molecule has 1 fully saturated rings. The van der Waals surface area contributed by atoms with E-state index in [1.54, 1.807) is 17.0 Å². The summed E-state index contributed by atoms with van der Waals surface area (Å²) in [7, 11) is -3.86. The highest BCUT2D eigenvalue weighted by molar-refractivity contribution is 9.10. The lowest BCUT2D eigenvalue weighted by Crippen LogP contribution is -2.42. The first-order valence-corrected chi connectivity index (χ1v) is 9.15. The largest absolute Gasteiger partial charge is 0.338 e. The first-order valence-electron chi connectivity index (χ1n) is 6.81. The molecule has 0 saturated carbocycles. The van der Waals surface area contributed by atoms with E-state index in [0.29, 0.717) is 35.0 Å². The monoisotopic (exact) mass is 374 g/mol. The predicted octanol–water partition coefficient (Wildman–Crippen LogP) is 2.21. The number of piperidine rings is 1. The van der Waals surface area contributed by atoms with Crippen LogP contribution in [0.3, 0.4) is 0 Å². The molecular formula is C14H19BrN2O3S. The Labute approximate surface area is 133 Å². The molecule has 21 heavy (non-hydrogen) atoms. The summed E-state index contributed by atoms with van der Waals surface area (Å²) in [6, 6.07) is 4.50. The van der Waals surface area contributed by atoms with Crippen molar-refractivity contribution in [3.8, 4) is 0 Å². The SMILES string of the molecule is CC1CCN(C(=O)c2ccc(Br)c(S(N)(=O)=O)c2)CC1C. The van der Waals surface area contributed by atoms with Gasteiger partial charge in [0.1, 0.15) is 0 Å². The molecule has 5 nitrogen and oxygen atoms in total. The van der Waals surface area contributed by atoms with Gasteiger partial charge in [-0.15, -0.1) is 0 Å². The van der Waals surface area contributed by atoms with Crippen molar-refractivity contribution >= 4 is 31.9 Å². The Morgan fingerprint density at radius 1 is 1.33 bits per heavy atom. The van der Waals surface area contributed by atoms with Gasteiger partial charge in [0.2, 0.25) is 10.0 Å². The minimum Gasteiger partial charge on any atom is -0.338 e. The number of carbonyl (C=O) groups is 1. The third kappa shape index (κ3) is 3.64. The summed E-state index contributed by atoms with van der Waals surface area (Å²) in [6.45, 7) is 5.71. The Bertz CT molecular complexity index is 660. The Morgan fingerprint density at radius 2 is 2.00 bits per heavy atom. The number of likely N-dealkylation sites (tertiary alicyclic amines) is 1. The maximum atomic E-state index is 12.5. The fourth-order valence-electron chi connectivity index (χ4n) is 2.48. The molecule has 116 valence electrons. The summed E-state index contributed by atoms with van der Waals surface area (Å²) in [5, 5.41) is 5.16. The van der Waals surface area contributed by atoms with Gasteiger partial charge in [-0.05, 0) is 52.4 Å². The third-order valence-corrected chi connectivity index (χ3v) is 6.01. The van der Waals surface area contributed by atoms with Crippen LogP contribution in [0.2, 0.25) is 0 Å². The molecule has 0 radical (unpaired) electrons. The van der Waals surface area contributed by atoms with Gasteiger partial charge in [0.15, 0.2) is 0 Å². The van der Waals surface area contributed by atoms with Crippen LogP contribution in [0.15, 0.2) is 27.6 Å². The van der Waals surface area contributed by atoms with Gasteiger partial charge in [0.05, 0.1) is 4.90 Å². The van der Waals surface area contributed by atoms with Crippen molar-refractivity contribution in [3.05, 3.63) is 28.2 Å². The Balaban J connectivity index is 2.28. The smallest absolute Gasteiger partial charge is 0.253 e. The van der Waals surface area contributed by atoms with Gasteiger partial charge in [-0.2, -0.15) is 0 Å². The molecule has 0 bridgehead atoms. The van der Waals surface area contributed by atoms with E-state index in [2.05, 4.69) is 29.8 Å². The Morgan fingerprint density at radius 3 is 2.57 bits per heavy atom. The summed E-state index contributed by atoms with van der Waals surface area (Å²) in [5.74, 6) is 0.890. The van der Waals surface area contributed by atoms with Crippen LogP contribution >= 0.6 is 15.9 Å². The first-order chi connectivity index (χ1) is 9.70. The standard InChI is InChI=1S/C14H19BrN2O3S/c1-9-5-6-17(8-10(9)2)14(18)11-3-4-12(15)13(7-11)21(16,19)20/h3-4,7,9-10H,5-6,8H2,1-2H3,(H2,16,19,20). The molecule has 1 aromatic rings. The van der Waals surface area contributed by atoms with Gasteiger partial charge in [-0.1, -0.05) is 13.8 Å². The van der Waals surface area contributed by atoms with Crippen LogP contribution in [0.5, 0.6) is 0 Å². The molecule has 1 saturated heterocycles. The molecule has 1 aliphatic rings. The number of benzene rings is 1. The number of hydrogen-bond donors (Lipinski definition) is 1. The van der Waals surface area contributed by atoms with Gasteiger partial charge in [0.25, 0.3) is 5.91 Å². The van der Waals surface area contributed by atoms with Crippen LogP contribution in [0.1, 0.15) is 30.6 Å². The van der Waals surface area contributed by atoms with Crippen molar-refractivity contribution < 1.29 is 13.2 Å². The summed E-state index contributed by atoms with van der Waals surface area (Å²) in [4.78, 5) is 14.2. The fraction of sp³-hybridized carbons (Fsp3) is 0.500. The maximum absolute atomic E-state index is 12.5. The van der Waals surface area contributed by atoms with Crippen molar-refractivity contribution in [2.24, 2.45) is 17.0 Å². The molecule has 7 heteroatoms. The zero-order valence-corrected chi connectivity index (χ0v) is 14.4. The number of amides is 1. The van der Waals surface area contributed by atoms with Crippen LogP contribution < -0.4 is 5.14 Å². The second-order valence-corrected chi connectivity index (χ2v) is 8.07. The lowest BCUT2D eigenvalue weighted by molar-refractivity contribution is 0.0627. The topological polar surface area (TPSA) is 80.5 Å². The van der Waals surface area contributed by atoms with Gasteiger partial charge in [0, 0.05) is 23.1 Å². The van der Waals surface area contributed by atoms with E-state index in [-0.39, 0.29) is 10.8 Å². The third-order valence-electron chi connectivity index (χ3n) is 4.11. The van der Waals surface area contributed by atoms with Crippen molar-refractivity contribution in [2.75, 3.05) is 13.1 Å². The van der Waals surface area contributed by atoms with Crippen molar-refractivity contribution in [3.63, 3.8) is 0 Å². The molecular weight excluding hydrogens is 356 g/mol. The van der Waals surface area contributed by atoms with E-state index in [4.69, 9.17) is 5.14 Å². The average molecular weight is 375 g/mol. The summed E-state index contributed by atoms with van der Waals surface area (Å²) in [6.07, 6.45) is 0.964. The lowest BCUT2D eigenvalue weighted by Gasteiger charge is -2.35. The second kappa shape index (κ2) is 6.06. The van der Waals surface area contributed by atoms with Gasteiger partial charge < -0.3 is 4.90 Å². The lowest BCUT2D eigenvalue weighted by atomic mass is 9.88. The summed E-state index contributed by atoms with van der Waals surface area (Å²) < 4.78 is 23.4. The van der Waals surface area contributed by atoms with E-state index in [1.165, 1.54) is 6.07 Å². The zero-order chi connectivity index (χ0) is 15.8. The zero-order valence-electron chi connectivity index (χ0n) is 12.0. The minimum absolute atomic E-state index is 0.0632. The van der Waals surface area contributed by atoms with Gasteiger partial charge in [-0.25, -0.2) is 13.6 Å². The number of carbonyl (C=O) groups excluding carboxylic acids is 1. The fourth-order valence-corrected chi connectivity index (χ4v) is 4.04. The number of nitrogens with zero attached hydrogens (tertiary/aromatic N) is 1. The van der Waals surface area contributed by atoms with Crippen LogP contribution in [0.4, 0.5) is 0 Å². The van der Waals surface area contributed by atoms with Gasteiger partial charge >= 0.3 is 0 Å². The van der Waals surface area contributed by atoms with Crippen LogP contribution in [0, 0.1) is 11.8 Å². The van der Waals surface area contributed by atoms with Crippen LogP contribution in [-0.4, -0.2) is 32.3 Å². The van der Waals surface area contributed by atoms with E-state index < -0.39 is 10.0 Å². The molecule has 1 aliphatic heterocycles. The number of primary sulfonamides is 1. The molecule has 0 spiro atoms. The number of rotatable bonds is 2. The molecule has 1 aromatic carbocycles. The molecule has 2 rings (SSSR count).